The van der Waals surface area contributed by atoms with Gasteiger partial charge in [-0.3, -0.25) is 9.59 Å². The first-order valence-corrected chi connectivity index (χ1v) is 9.64. The number of ether oxygens (including phenoxy) is 1. The molecule has 1 aliphatic heterocycles. The molecule has 7 nitrogen and oxygen atoms in total. The van der Waals surface area contributed by atoms with Gasteiger partial charge < -0.3 is 25.4 Å². The minimum Gasteiger partial charge on any atom is -0.390 e. The van der Waals surface area contributed by atoms with Crippen LogP contribution in [0.1, 0.15) is 20.7 Å². The van der Waals surface area contributed by atoms with Gasteiger partial charge in [-0.25, -0.2) is 0 Å². The van der Waals surface area contributed by atoms with Crippen molar-refractivity contribution in [3.63, 3.8) is 0 Å². The zero-order valence-electron chi connectivity index (χ0n) is 16.7. The van der Waals surface area contributed by atoms with E-state index in [1.807, 2.05) is 43.3 Å². The maximum Gasteiger partial charge on any atom is 0.251 e. The van der Waals surface area contributed by atoms with Crippen LogP contribution in [0, 0.1) is 5.92 Å². The Morgan fingerprint density at radius 1 is 1.00 bits per heavy atom. The van der Waals surface area contributed by atoms with Crippen molar-refractivity contribution in [1.29, 1.82) is 0 Å². The van der Waals surface area contributed by atoms with E-state index in [0.717, 1.165) is 5.69 Å². The van der Waals surface area contributed by atoms with Gasteiger partial charge in [-0.1, -0.05) is 24.3 Å². The second-order valence-corrected chi connectivity index (χ2v) is 7.35. The molecule has 2 aromatic rings. The van der Waals surface area contributed by atoms with Gasteiger partial charge in [0.1, 0.15) is 6.10 Å². The molecule has 2 aromatic carbocycles. The predicted molar refractivity (Wildman–Crippen MR) is 111 cm³/mol. The molecule has 3 N–H and O–H groups in total. The molecule has 0 aliphatic carbocycles. The van der Waals surface area contributed by atoms with Crippen LogP contribution in [0.4, 0.5) is 5.69 Å². The van der Waals surface area contributed by atoms with Crippen LogP contribution in [-0.2, 0) is 4.74 Å². The standard InChI is InChI=1S/C22H27N3O4/c1-25(2)18-10-6-9-16(11-18)22(28)24-13-19-20(26)17(14-29-19)12-23-21(27)15-7-4-3-5-8-15/h3-11,17,19-20,26H,12-14H2,1-2H3,(H,23,27)(H,24,28)/t17-,19-,20+/m1/s1. The van der Waals surface area contributed by atoms with Crippen LogP contribution < -0.4 is 15.5 Å². The van der Waals surface area contributed by atoms with Crippen LogP contribution in [0.2, 0.25) is 0 Å². The lowest BCUT2D eigenvalue weighted by Crippen LogP contribution is -2.41. The third-order valence-corrected chi connectivity index (χ3v) is 5.04. The molecular formula is C22H27N3O4. The second-order valence-electron chi connectivity index (χ2n) is 7.35. The highest BCUT2D eigenvalue weighted by Crippen LogP contribution is 2.20. The SMILES string of the molecule is CN(C)c1cccc(C(=O)NC[C@H]2OC[C@@H](CNC(=O)c3ccccc3)[C@@H]2O)c1. The Balaban J connectivity index is 1.47. The van der Waals surface area contributed by atoms with Crippen molar-refractivity contribution in [2.75, 3.05) is 38.7 Å². The molecule has 3 atom stereocenters. The first-order chi connectivity index (χ1) is 14.0. The summed E-state index contributed by atoms with van der Waals surface area (Å²) in [6.45, 7) is 0.840. The highest BCUT2D eigenvalue weighted by atomic mass is 16.5. The van der Waals surface area contributed by atoms with Crippen molar-refractivity contribution >= 4 is 17.5 Å². The van der Waals surface area contributed by atoms with Crippen molar-refractivity contribution in [3.05, 3.63) is 65.7 Å². The minimum absolute atomic E-state index is 0.185. The maximum atomic E-state index is 12.4. The number of carbonyl (C=O) groups excluding carboxylic acids is 2. The van der Waals surface area contributed by atoms with Crippen LogP contribution >= 0.6 is 0 Å². The average Bonchev–Trinajstić information content (AvgIpc) is 3.10. The van der Waals surface area contributed by atoms with Crippen molar-refractivity contribution in [1.82, 2.24) is 10.6 Å². The number of hydrogen-bond acceptors (Lipinski definition) is 5. The fourth-order valence-corrected chi connectivity index (χ4v) is 3.24. The molecule has 0 saturated carbocycles. The number of rotatable bonds is 7. The van der Waals surface area contributed by atoms with Crippen molar-refractivity contribution in [3.8, 4) is 0 Å². The number of aliphatic hydroxyl groups excluding tert-OH is 1. The molecule has 0 radical (unpaired) electrons. The highest BCUT2D eigenvalue weighted by Gasteiger charge is 2.36. The van der Waals surface area contributed by atoms with Gasteiger partial charge in [0.25, 0.3) is 11.8 Å². The molecule has 0 spiro atoms. The average molecular weight is 397 g/mol. The van der Waals surface area contributed by atoms with Gasteiger partial charge in [0, 0.05) is 49.9 Å². The van der Waals surface area contributed by atoms with E-state index >= 15 is 0 Å². The highest BCUT2D eigenvalue weighted by molar-refractivity contribution is 5.95. The quantitative estimate of drug-likeness (QED) is 0.655. The van der Waals surface area contributed by atoms with E-state index in [0.29, 0.717) is 24.3 Å². The zero-order valence-corrected chi connectivity index (χ0v) is 16.7. The third kappa shape index (κ3) is 5.34. The number of aliphatic hydroxyl groups is 1. The monoisotopic (exact) mass is 397 g/mol. The van der Waals surface area contributed by atoms with E-state index in [1.54, 1.807) is 30.3 Å². The number of anilines is 1. The Labute approximate surface area is 170 Å². The molecule has 0 bridgehead atoms. The molecule has 0 aromatic heterocycles. The van der Waals surface area contributed by atoms with Gasteiger partial charge >= 0.3 is 0 Å². The van der Waals surface area contributed by atoms with Crippen LogP contribution in [0.5, 0.6) is 0 Å². The Bertz CT molecular complexity index is 841. The minimum atomic E-state index is -0.764. The molecule has 2 amide bonds. The van der Waals surface area contributed by atoms with Gasteiger partial charge in [0.05, 0.1) is 12.7 Å². The van der Waals surface area contributed by atoms with E-state index in [9.17, 15) is 14.7 Å². The lowest BCUT2D eigenvalue weighted by Gasteiger charge is -2.19. The van der Waals surface area contributed by atoms with Crippen LogP contribution in [0.3, 0.4) is 0 Å². The molecule has 154 valence electrons. The number of amides is 2. The lowest BCUT2D eigenvalue weighted by molar-refractivity contribution is 0.0384. The summed E-state index contributed by atoms with van der Waals surface area (Å²) in [5, 5.41) is 16.1. The second kappa shape index (κ2) is 9.54. The van der Waals surface area contributed by atoms with E-state index in [1.165, 1.54) is 0 Å². The van der Waals surface area contributed by atoms with Gasteiger partial charge in [-0.05, 0) is 30.3 Å². The summed E-state index contributed by atoms with van der Waals surface area (Å²) in [7, 11) is 3.83. The van der Waals surface area contributed by atoms with E-state index in [4.69, 9.17) is 4.74 Å². The van der Waals surface area contributed by atoms with E-state index in [-0.39, 0.29) is 24.3 Å². The van der Waals surface area contributed by atoms with Gasteiger partial charge in [-0.2, -0.15) is 0 Å². The summed E-state index contributed by atoms with van der Waals surface area (Å²) in [6, 6.07) is 16.2. The first kappa shape index (κ1) is 20.8. The van der Waals surface area contributed by atoms with Crippen molar-refractivity contribution in [2.45, 2.75) is 12.2 Å². The fraction of sp³-hybridized carbons (Fsp3) is 0.364. The van der Waals surface area contributed by atoms with E-state index < -0.39 is 12.2 Å². The number of nitrogens with zero attached hydrogens (tertiary/aromatic N) is 1. The van der Waals surface area contributed by atoms with Gasteiger partial charge in [0.15, 0.2) is 0 Å². The molecule has 0 unspecified atom stereocenters. The normalized spacial score (nSPS) is 20.9. The summed E-state index contributed by atoms with van der Waals surface area (Å²) >= 11 is 0. The zero-order chi connectivity index (χ0) is 20.8. The molecule has 1 heterocycles. The first-order valence-electron chi connectivity index (χ1n) is 9.64. The molecule has 1 aliphatic rings. The smallest absolute Gasteiger partial charge is 0.251 e. The Morgan fingerprint density at radius 3 is 2.38 bits per heavy atom. The Hall–Kier alpha value is -2.90. The maximum absolute atomic E-state index is 12.4. The summed E-state index contributed by atoms with van der Waals surface area (Å²) in [4.78, 5) is 26.5. The predicted octanol–water partition coefficient (Wildman–Crippen LogP) is 1.29. The summed E-state index contributed by atoms with van der Waals surface area (Å²) < 4.78 is 5.64. The number of nitrogens with one attached hydrogen (secondary N) is 2. The molecule has 1 fully saturated rings. The number of benzene rings is 2. The summed E-state index contributed by atoms with van der Waals surface area (Å²) in [5.41, 5.74) is 2.06. The topological polar surface area (TPSA) is 90.9 Å². The van der Waals surface area contributed by atoms with E-state index in [2.05, 4.69) is 10.6 Å². The van der Waals surface area contributed by atoms with Crippen LogP contribution in [0.25, 0.3) is 0 Å². The fourth-order valence-electron chi connectivity index (χ4n) is 3.24. The third-order valence-electron chi connectivity index (χ3n) is 5.04. The van der Waals surface area contributed by atoms with Crippen LogP contribution in [-0.4, -0.2) is 62.9 Å². The Kier molecular flexibility index (Phi) is 6.85. The molecule has 1 saturated heterocycles. The van der Waals surface area contributed by atoms with Gasteiger partial charge in [0.2, 0.25) is 0 Å². The van der Waals surface area contributed by atoms with Crippen molar-refractivity contribution < 1.29 is 19.4 Å². The number of carbonyl (C=O) groups is 2. The molecule has 7 heteroatoms. The molecular weight excluding hydrogens is 370 g/mol. The van der Waals surface area contributed by atoms with Crippen LogP contribution in [0.15, 0.2) is 54.6 Å². The van der Waals surface area contributed by atoms with Crippen molar-refractivity contribution in [2.24, 2.45) is 5.92 Å². The van der Waals surface area contributed by atoms with Gasteiger partial charge in [-0.15, -0.1) is 0 Å². The summed E-state index contributed by atoms with van der Waals surface area (Å²) in [5.74, 6) is -0.623. The lowest BCUT2D eigenvalue weighted by atomic mass is 10.0. The Morgan fingerprint density at radius 2 is 1.66 bits per heavy atom. The number of hydrogen-bond donors (Lipinski definition) is 3. The molecule has 3 rings (SSSR count). The summed E-state index contributed by atoms with van der Waals surface area (Å²) in [6.07, 6.45) is -1.27. The molecule has 29 heavy (non-hydrogen) atoms. The largest absolute Gasteiger partial charge is 0.390 e.